The van der Waals surface area contributed by atoms with Crippen molar-refractivity contribution in [2.24, 2.45) is 0 Å². The molecule has 0 aliphatic heterocycles. The summed E-state index contributed by atoms with van der Waals surface area (Å²) in [4.78, 5) is 0. The molecule has 0 amide bonds. The number of rotatable bonds is 4. The topological polar surface area (TPSA) is 32.3 Å². The molecule has 0 unspecified atom stereocenters. The number of hydrogen-bond acceptors (Lipinski definition) is 2. The first kappa shape index (κ1) is 12.8. The molecule has 90 valence electrons. The van der Waals surface area contributed by atoms with Crippen LogP contribution in [0.5, 0.6) is 0 Å². The van der Waals surface area contributed by atoms with Crippen LogP contribution < -0.4 is 5.32 Å². The third-order valence-electron chi connectivity index (χ3n) is 1.94. The Kier molecular flexibility index (Phi) is 4.12. The number of nitrogens with one attached hydrogen (secondary N) is 1. The molecule has 0 aromatic heterocycles. The van der Waals surface area contributed by atoms with Crippen molar-refractivity contribution < 1.29 is 22.7 Å². The van der Waals surface area contributed by atoms with E-state index in [2.05, 4.69) is 5.32 Å². The van der Waals surface area contributed by atoms with Crippen molar-refractivity contribution in [1.82, 2.24) is 0 Å². The Morgan fingerprint density at radius 1 is 1.25 bits per heavy atom. The lowest BCUT2D eigenvalue weighted by Crippen LogP contribution is -2.10. The molecule has 0 spiro atoms. The summed E-state index contributed by atoms with van der Waals surface area (Å²) in [7, 11) is 0. The van der Waals surface area contributed by atoms with Crippen molar-refractivity contribution in [1.29, 1.82) is 0 Å². The molecular formula is C10H11F4NO. The summed E-state index contributed by atoms with van der Waals surface area (Å²) >= 11 is 0. The quantitative estimate of drug-likeness (QED) is 0.623. The largest absolute Gasteiger partial charge is 0.419 e. The molecule has 0 fully saturated rings. The van der Waals surface area contributed by atoms with Crippen LogP contribution in [-0.2, 0) is 6.18 Å². The lowest BCUT2D eigenvalue weighted by atomic mass is 10.2. The summed E-state index contributed by atoms with van der Waals surface area (Å²) in [6, 6.07) is 2.71. The minimum atomic E-state index is -4.70. The van der Waals surface area contributed by atoms with Gasteiger partial charge < -0.3 is 10.4 Å². The van der Waals surface area contributed by atoms with Crippen molar-refractivity contribution in [3.8, 4) is 0 Å². The minimum absolute atomic E-state index is 0.0552. The summed E-state index contributed by atoms with van der Waals surface area (Å²) in [6.45, 7) is 0.278. The van der Waals surface area contributed by atoms with E-state index in [4.69, 9.17) is 5.11 Å². The first-order chi connectivity index (χ1) is 7.45. The Morgan fingerprint density at radius 2 is 1.94 bits per heavy atom. The van der Waals surface area contributed by atoms with Gasteiger partial charge in [0.15, 0.2) is 0 Å². The van der Waals surface area contributed by atoms with Gasteiger partial charge in [-0.3, -0.25) is 0 Å². The fraction of sp³-hybridized carbons (Fsp3) is 0.400. The molecule has 0 aliphatic rings. The molecule has 2 nitrogen and oxygen atoms in total. The van der Waals surface area contributed by atoms with Gasteiger partial charge in [-0.2, -0.15) is 13.2 Å². The zero-order valence-electron chi connectivity index (χ0n) is 8.31. The number of anilines is 1. The van der Waals surface area contributed by atoms with Gasteiger partial charge in [0.1, 0.15) is 5.82 Å². The van der Waals surface area contributed by atoms with Crippen LogP contribution in [0.25, 0.3) is 0 Å². The van der Waals surface area contributed by atoms with Gasteiger partial charge in [-0.25, -0.2) is 4.39 Å². The molecule has 0 radical (unpaired) electrons. The number of halogens is 4. The molecule has 0 atom stereocenters. The predicted molar refractivity (Wildman–Crippen MR) is 51.6 cm³/mol. The minimum Gasteiger partial charge on any atom is -0.396 e. The smallest absolute Gasteiger partial charge is 0.396 e. The monoisotopic (exact) mass is 237 g/mol. The van der Waals surface area contributed by atoms with Crippen molar-refractivity contribution in [2.45, 2.75) is 12.6 Å². The maximum atomic E-state index is 12.9. The van der Waals surface area contributed by atoms with Crippen LogP contribution in [0.1, 0.15) is 12.0 Å². The van der Waals surface area contributed by atoms with Gasteiger partial charge in [-0.05, 0) is 24.6 Å². The van der Waals surface area contributed by atoms with Gasteiger partial charge in [0.25, 0.3) is 0 Å². The highest BCUT2D eigenvalue weighted by Gasteiger charge is 2.34. The van der Waals surface area contributed by atoms with E-state index in [9.17, 15) is 17.6 Å². The molecule has 16 heavy (non-hydrogen) atoms. The van der Waals surface area contributed by atoms with Crippen LogP contribution in [0.15, 0.2) is 18.2 Å². The average Bonchev–Trinajstić information content (AvgIpc) is 2.19. The highest BCUT2D eigenvalue weighted by Crippen LogP contribution is 2.32. The zero-order chi connectivity index (χ0) is 12.2. The highest BCUT2D eigenvalue weighted by atomic mass is 19.4. The Bertz CT molecular complexity index is 351. The van der Waals surface area contributed by atoms with E-state index >= 15 is 0 Å². The molecule has 1 rings (SSSR count). The third-order valence-corrected chi connectivity index (χ3v) is 1.94. The van der Waals surface area contributed by atoms with E-state index in [1.54, 1.807) is 0 Å². The molecule has 0 aliphatic carbocycles. The van der Waals surface area contributed by atoms with Gasteiger partial charge in [0.05, 0.1) is 5.56 Å². The highest BCUT2D eigenvalue weighted by molar-refractivity contribution is 5.47. The molecule has 1 aromatic rings. The maximum absolute atomic E-state index is 12.9. The number of aliphatic hydroxyl groups is 1. The van der Waals surface area contributed by atoms with Crippen LogP contribution in [0.2, 0.25) is 0 Å². The Labute approximate surface area is 89.9 Å². The molecule has 0 bridgehead atoms. The second-order valence-electron chi connectivity index (χ2n) is 3.20. The van der Waals surface area contributed by atoms with Crippen molar-refractivity contribution in [3.05, 3.63) is 29.6 Å². The molecule has 0 saturated carbocycles. The van der Waals surface area contributed by atoms with Gasteiger partial charge >= 0.3 is 6.18 Å². The van der Waals surface area contributed by atoms with Gasteiger partial charge in [-0.15, -0.1) is 0 Å². The van der Waals surface area contributed by atoms with Gasteiger partial charge in [0, 0.05) is 18.8 Å². The van der Waals surface area contributed by atoms with Crippen molar-refractivity contribution in [2.75, 3.05) is 18.5 Å². The Morgan fingerprint density at radius 3 is 2.50 bits per heavy atom. The normalized spacial score (nSPS) is 11.6. The second-order valence-corrected chi connectivity index (χ2v) is 3.20. The number of hydrogen-bond donors (Lipinski definition) is 2. The Balaban J connectivity index is 2.82. The zero-order valence-corrected chi connectivity index (χ0v) is 8.31. The van der Waals surface area contributed by atoms with Crippen LogP contribution in [0.3, 0.4) is 0 Å². The molecule has 0 heterocycles. The van der Waals surface area contributed by atoms with Crippen LogP contribution in [-0.4, -0.2) is 18.3 Å². The average molecular weight is 237 g/mol. The fourth-order valence-corrected chi connectivity index (χ4v) is 1.16. The summed E-state index contributed by atoms with van der Waals surface area (Å²) < 4.78 is 49.8. The third kappa shape index (κ3) is 3.37. The van der Waals surface area contributed by atoms with Crippen LogP contribution in [0.4, 0.5) is 23.2 Å². The Hall–Kier alpha value is -1.30. The van der Waals surface area contributed by atoms with E-state index < -0.39 is 17.6 Å². The standard InChI is InChI=1S/C10H11F4NO/c11-9-3-2-7(15-4-1-5-16)6-8(9)10(12,13)14/h2-3,6,15-16H,1,4-5H2. The summed E-state index contributed by atoms with van der Waals surface area (Å²) in [5.41, 5.74) is -1.11. The summed E-state index contributed by atoms with van der Waals surface area (Å²) in [6.07, 6.45) is -4.28. The lowest BCUT2D eigenvalue weighted by Gasteiger charge is -2.11. The number of alkyl halides is 3. The summed E-state index contributed by atoms with van der Waals surface area (Å²) in [5, 5.41) is 11.2. The van der Waals surface area contributed by atoms with Crippen LogP contribution >= 0.6 is 0 Å². The van der Waals surface area contributed by atoms with Crippen molar-refractivity contribution >= 4 is 5.69 Å². The SMILES string of the molecule is OCCCNc1ccc(F)c(C(F)(F)F)c1. The van der Waals surface area contributed by atoms with E-state index in [1.807, 2.05) is 0 Å². The number of aliphatic hydroxyl groups excluding tert-OH is 1. The van der Waals surface area contributed by atoms with Gasteiger partial charge in [-0.1, -0.05) is 0 Å². The second kappa shape index (κ2) is 5.16. The maximum Gasteiger partial charge on any atom is 0.419 e. The number of benzene rings is 1. The molecular weight excluding hydrogens is 226 g/mol. The van der Waals surface area contributed by atoms with E-state index in [1.165, 1.54) is 6.07 Å². The summed E-state index contributed by atoms with van der Waals surface area (Å²) in [5.74, 6) is -1.29. The predicted octanol–water partition coefficient (Wildman–Crippen LogP) is 2.64. The first-order valence-corrected chi connectivity index (χ1v) is 4.66. The van der Waals surface area contributed by atoms with Crippen molar-refractivity contribution in [3.63, 3.8) is 0 Å². The molecule has 0 saturated heterocycles. The van der Waals surface area contributed by atoms with E-state index in [0.717, 1.165) is 6.07 Å². The molecule has 6 heteroatoms. The first-order valence-electron chi connectivity index (χ1n) is 4.66. The van der Waals surface area contributed by atoms with E-state index in [0.29, 0.717) is 19.0 Å². The van der Waals surface area contributed by atoms with E-state index in [-0.39, 0.29) is 12.3 Å². The van der Waals surface area contributed by atoms with Crippen LogP contribution in [0, 0.1) is 5.82 Å². The fourth-order valence-electron chi connectivity index (χ4n) is 1.16. The van der Waals surface area contributed by atoms with Gasteiger partial charge in [0.2, 0.25) is 0 Å². The molecule has 2 N–H and O–H groups in total. The molecule has 1 aromatic carbocycles. The lowest BCUT2D eigenvalue weighted by molar-refractivity contribution is -0.139.